The van der Waals surface area contributed by atoms with Gasteiger partial charge in [0.1, 0.15) is 0 Å². The van der Waals surface area contributed by atoms with Crippen molar-refractivity contribution in [1.82, 2.24) is 24.9 Å². The van der Waals surface area contributed by atoms with Gasteiger partial charge in [0.2, 0.25) is 0 Å². The zero-order chi connectivity index (χ0) is 35.8. The van der Waals surface area contributed by atoms with Crippen molar-refractivity contribution in [2.24, 2.45) is 0 Å². The Labute approximate surface area is 312 Å². The molecule has 0 unspecified atom stereocenters. The van der Waals surface area contributed by atoms with Gasteiger partial charge in [-0.05, 0) is 40.1 Å². The summed E-state index contributed by atoms with van der Waals surface area (Å²) in [6.45, 7) is 0. The van der Waals surface area contributed by atoms with Gasteiger partial charge >= 0.3 is 0 Å². The van der Waals surface area contributed by atoms with Crippen LogP contribution in [0, 0.1) is 0 Å². The van der Waals surface area contributed by atoms with Gasteiger partial charge in [-0.25, -0.2) is 24.9 Å². The molecular weight excluding hydrogens is 659 g/mol. The van der Waals surface area contributed by atoms with Crippen LogP contribution in [-0.2, 0) is 0 Å². The Morgan fingerprint density at radius 3 is 1.37 bits per heavy atom. The lowest BCUT2D eigenvalue weighted by molar-refractivity contribution is 1.07. The Balaban J connectivity index is 1.03. The van der Waals surface area contributed by atoms with Crippen molar-refractivity contribution >= 4 is 32.6 Å². The predicted molar refractivity (Wildman–Crippen MR) is 221 cm³/mol. The molecule has 0 amide bonds. The van der Waals surface area contributed by atoms with Gasteiger partial charge in [-0.3, -0.25) is 0 Å². The van der Waals surface area contributed by atoms with Crippen LogP contribution in [0.3, 0.4) is 0 Å². The van der Waals surface area contributed by atoms with Gasteiger partial charge in [-0.15, -0.1) is 0 Å². The van der Waals surface area contributed by atoms with Crippen LogP contribution in [0.1, 0.15) is 0 Å². The Kier molecular flexibility index (Phi) is 7.73. The van der Waals surface area contributed by atoms with E-state index in [2.05, 4.69) is 115 Å². The van der Waals surface area contributed by atoms with Gasteiger partial charge in [0.05, 0.1) is 22.4 Å². The topological polar surface area (TPSA) is 64.5 Å². The number of rotatable bonds is 6. The van der Waals surface area contributed by atoms with Crippen LogP contribution < -0.4 is 0 Å². The first-order chi connectivity index (χ1) is 26.7. The SMILES string of the molecule is c1ccc(-c2nc(-c3ccccc3)nc(-c3cccc(-c4ccc5ccc6ccc(-c7ccc(-c8cccc9ccccc89)cc7)nc6c5n4)c3)n2)cc1. The van der Waals surface area contributed by atoms with Crippen LogP contribution in [0.4, 0.5) is 0 Å². The van der Waals surface area contributed by atoms with Gasteiger partial charge in [0.15, 0.2) is 17.5 Å². The van der Waals surface area contributed by atoms with Crippen molar-refractivity contribution in [2.45, 2.75) is 0 Å². The molecule has 5 heteroatoms. The maximum atomic E-state index is 5.24. The largest absolute Gasteiger partial charge is 0.245 e. The molecule has 0 saturated carbocycles. The first kappa shape index (κ1) is 31.4. The van der Waals surface area contributed by atoms with E-state index in [9.17, 15) is 0 Å². The molecule has 0 atom stereocenters. The number of aromatic nitrogens is 5. The summed E-state index contributed by atoms with van der Waals surface area (Å²) in [5, 5.41) is 4.57. The highest BCUT2D eigenvalue weighted by Crippen LogP contribution is 2.33. The van der Waals surface area contributed by atoms with Crippen LogP contribution in [0.2, 0.25) is 0 Å². The molecular formula is C49H31N5. The summed E-state index contributed by atoms with van der Waals surface area (Å²) in [6, 6.07) is 64.7. The Bertz CT molecular complexity index is 2920. The summed E-state index contributed by atoms with van der Waals surface area (Å²) in [5.41, 5.74) is 10.7. The quantitative estimate of drug-likeness (QED) is 0.163. The van der Waals surface area contributed by atoms with E-state index in [-0.39, 0.29) is 0 Å². The Hall–Kier alpha value is -7.37. The van der Waals surface area contributed by atoms with E-state index in [0.29, 0.717) is 17.5 Å². The van der Waals surface area contributed by atoms with Gasteiger partial charge in [0.25, 0.3) is 0 Å². The van der Waals surface area contributed by atoms with Crippen LogP contribution in [-0.4, -0.2) is 24.9 Å². The molecule has 0 bridgehead atoms. The van der Waals surface area contributed by atoms with Crippen LogP contribution in [0.15, 0.2) is 188 Å². The first-order valence-electron chi connectivity index (χ1n) is 18.0. The highest BCUT2D eigenvalue weighted by Gasteiger charge is 2.14. The van der Waals surface area contributed by atoms with E-state index in [4.69, 9.17) is 24.9 Å². The maximum absolute atomic E-state index is 5.24. The van der Waals surface area contributed by atoms with Gasteiger partial charge in [-0.2, -0.15) is 0 Å². The molecule has 7 aromatic carbocycles. The third-order valence-corrected chi connectivity index (χ3v) is 9.92. The number of hydrogen-bond donors (Lipinski definition) is 0. The summed E-state index contributed by atoms with van der Waals surface area (Å²) in [5.74, 6) is 1.86. The fourth-order valence-corrected chi connectivity index (χ4v) is 7.14. The van der Waals surface area contributed by atoms with E-state index in [1.165, 1.54) is 21.9 Å². The van der Waals surface area contributed by atoms with Crippen molar-refractivity contribution in [3.63, 3.8) is 0 Å². The third kappa shape index (κ3) is 5.84. The van der Waals surface area contributed by atoms with E-state index >= 15 is 0 Å². The van der Waals surface area contributed by atoms with Gasteiger partial charge < -0.3 is 0 Å². The fourth-order valence-electron chi connectivity index (χ4n) is 7.14. The molecule has 54 heavy (non-hydrogen) atoms. The first-order valence-corrected chi connectivity index (χ1v) is 18.0. The highest BCUT2D eigenvalue weighted by molar-refractivity contribution is 6.04. The second-order valence-electron chi connectivity index (χ2n) is 13.3. The number of pyridine rings is 2. The molecule has 252 valence electrons. The predicted octanol–water partition coefficient (Wildman–Crippen LogP) is 12.1. The molecule has 0 aliphatic carbocycles. The van der Waals surface area contributed by atoms with E-state index < -0.39 is 0 Å². The highest BCUT2D eigenvalue weighted by atomic mass is 15.0. The van der Waals surface area contributed by atoms with Crippen molar-refractivity contribution in [3.8, 4) is 67.8 Å². The molecule has 0 radical (unpaired) electrons. The molecule has 0 fully saturated rings. The minimum absolute atomic E-state index is 0.605. The monoisotopic (exact) mass is 689 g/mol. The smallest absolute Gasteiger partial charge is 0.164 e. The van der Waals surface area contributed by atoms with E-state index in [0.717, 1.165) is 61.0 Å². The zero-order valence-electron chi connectivity index (χ0n) is 29.1. The number of fused-ring (bicyclic) bond motifs is 4. The van der Waals surface area contributed by atoms with Crippen LogP contribution in [0.5, 0.6) is 0 Å². The number of hydrogen-bond acceptors (Lipinski definition) is 5. The Morgan fingerprint density at radius 2 is 0.722 bits per heavy atom. The number of benzene rings is 7. The lowest BCUT2D eigenvalue weighted by Gasteiger charge is -2.11. The second-order valence-corrected chi connectivity index (χ2v) is 13.3. The summed E-state index contributed by atoms with van der Waals surface area (Å²) in [4.78, 5) is 25.2. The Morgan fingerprint density at radius 1 is 0.259 bits per heavy atom. The normalized spacial score (nSPS) is 11.3. The van der Waals surface area contributed by atoms with Gasteiger partial charge in [0, 0.05) is 38.6 Å². The minimum atomic E-state index is 0.605. The zero-order valence-corrected chi connectivity index (χ0v) is 29.1. The molecule has 0 N–H and O–H groups in total. The summed E-state index contributed by atoms with van der Waals surface area (Å²) < 4.78 is 0. The van der Waals surface area contributed by atoms with Crippen LogP contribution in [0.25, 0.3) is 100 Å². The molecule has 10 aromatic rings. The number of nitrogens with zero attached hydrogens (tertiary/aromatic N) is 5. The summed E-state index contributed by atoms with van der Waals surface area (Å²) in [7, 11) is 0. The molecule has 5 nitrogen and oxygen atoms in total. The molecule has 3 aromatic heterocycles. The molecule has 0 aliphatic rings. The lowest BCUT2D eigenvalue weighted by Crippen LogP contribution is -2.00. The second kappa shape index (κ2) is 13.3. The van der Waals surface area contributed by atoms with Crippen molar-refractivity contribution < 1.29 is 0 Å². The molecule has 0 spiro atoms. The summed E-state index contributed by atoms with van der Waals surface area (Å²) in [6.07, 6.45) is 0. The molecule has 0 aliphatic heterocycles. The van der Waals surface area contributed by atoms with Crippen molar-refractivity contribution in [2.75, 3.05) is 0 Å². The summed E-state index contributed by atoms with van der Waals surface area (Å²) >= 11 is 0. The van der Waals surface area contributed by atoms with Gasteiger partial charge in [-0.1, -0.05) is 170 Å². The minimum Gasteiger partial charge on any atom is -0.245 e. The fraction of sp³-hybridized carbons (Fsp3) is 0. The standard InChI is InChI=1S/C49H31N5/c1-3-12-37(13-4-1)47-52-48(38-14-5-2-6-15-38)54-49(53-47)40-18-9-17-39(31-40)44-30-28-36-26-25-35-27-29-43(50-45(35)46(36)51-44)34-23-21-33(22-24-34)42-20-10-16-32-11-7-8-19-41(32)42/h1-31H. The third-order valence-electron chi connectivity index (χ3n) is 9.92. The molecule has 10 rings (SSSR count). The maximum Gasteiger partial charge on any atom is 0.164 e. The van der Waals surface area contributed by atoms with Crippen LogP contribution >= 0.6 is 0 Å². The van der Waals surface area contributed by atoms with Crippen molar-refractivity contribution in [3.05, 3.63) is 188 Å². The van der Waals surface area contributed by atoms with E-state index in [1.54, 1.807) is 0 Å². The average Bonchev–Trinajstić information content (AvgIpc) is 3.26. The molecule has 0 saturated heterocycles. The average molecular weight is 690 g/mol. The lowest BCUT2D eigenvalue weighted by atomic mass is 9.97. The molecule has 3 heterocycles. The van der Waals surface area contributed by atoms with E-state index in [1.807, 2.05) is 72.8 Å². The van der Waals surface area contributed by atoms with Crippen molar-refractivity contribution in [1.29, 1.82) is 0 Å².